The number of nitro groups is 1. The van der Waals surface area contributed by atoms with Gasteiger partial charge in [0, 0.05) is 19.7 Å². The number of rotatable bonds is 6. The molecule has 116 valence electrons. The Bertz CT molecular complexity index is 661. The SMILES string of the molecule is COC(=O)CCN(C)S(=O)(=O)c1ccc(F)c([N+](=O)[O-])c1. The zero-order valence-corrected chi connectivity index (χ0v) is 12.1. The molecule has 0 bridgehead atoms. The summed E-state index contributed by atoms with van der Waals surface area (Å²) in [5.74, 6) is -1.72. The molecule has 0 aliphatic carbocycles. The van der Waals surface area contributed by atoms with E-state index in [1.165, 1.54) is 14.2 Å². The first-order valence-corrected chi connectivity index (χ1v) is 7.11. The Labute approximate surface area is 120 Å². The van der Waals surface area contributed by atoms with Crippen molar-refractivity contribution in [3.63, 3.8) is 0 Å². The van der Waals surface area contributed by atoms with Crippen molar-refractivity contribution >= 4 is 21.7 Å². The number of carbonyl (C=O) groups excluding carboxylic acids is 1. The fourth-order valence-electron chi connectivity index (χ4n) is 1.44. The monoisotopic (exact) mass is 320 g/mol. The summed E-state index contributed by atoms with van der Waals surface area (Å²) in [6.45, 7) is -0.166. The summed E-state index contributed by atoms with van der Waals surface area (Å²) in [5, 5.41) is 10.6. The molecule has 0 saturated heterocycles. The number of halogens is 1. The van der Waals surface area contributed by atoms with E-state index in [0.717, 1.165) is 10.4 Å². The van der Waals surface area contributed by atoms with Crippen molar-refractivity contribution in [1.29, 1.82) is 0 Å². The summed E-state index contributed by atoms with van der Waals surface area (Å²) in [6, 6.07) is 2.27. The Morgan fingerprint density at radius 3 is 2.62 bits per heavy atom. The number of methoxy groups -OCH3 is 1. The molecule has 0 N–H and O–H groups in total. The normalized spacial score (nSPS) is 11.4. The van der Waals surface area contributed by atoms with Crippen LogP contribution in [-0.4, -0.2) is 44.3 Å². The molecule has 1 aromatic carbocycles. The summed E-state index contributed by atoms with van der Waals surface area (Å²) in [5.41, 5.74) is -0.933. The van der Waals surface area contributed by atoms with Crippen molar-refractivity contribution < 1.29 is 27.3 Å². The molecule has 1 aromatic rings. The highest BCUT2D eigenvalue weighted by Gasteiger charge is 2.25. The zero-order valence-electron chi connectivity index (χ0n) is 11.3. The summed E-state index contributed by atoms with van der Waals surface area (Å²) in [7, 11) is -1.69. The number of hydrogen-bond acceptors (Lipinski definition) is 6. The van der Waals surface area contributed by atoms with E-state index in [2.05, 4.69) is 4.74 Å². The van der Waals surface area contributed by atoms with E-state index in [1.54, 1.807) is 0 Å². The summed E-state index contributed by atoms with van der Waals surface area (Å²) in [4.78, 5) is 20.2. The molecule has 8 nitrogen and oxygen atoms in total. The maximum Gasteiger partial charge on any atom is 0.306 e. The average Bonchev–Trinajstić information content (AvgIpc) is 2.43. The number of sulfonamides is 1. The molecule has 0 atom stereocenters. The largest absolute Gasteiger partial charge is 0.469 e. The molecule has 0 aliphatic rings. The second-order valence-corrected chi connectivity index (χ2v) is 6.07. The van der Waals surface area contributed by atoms with E-state index in [-0.39, 0.29) is 13.0 Å². The number of benzene rings is 1. The molecule has 0 spiro atoms. The number of carbonyl (C=O) groups is 1. The van der Waals surface area contributed by atoms with Crippen molar-refractivity contribution in [3.05, 3.63) is 34.1 Å². The van der Waals surface area contributed by atoms with Crippen LogP contribution in [0.5, 0.6) is 0 Å². The first-order valence-electron chi connectivity index (χ1n) is 5.67. The van der Waals surface area contributed by atoms with Crippen LogP contribution >= 0.6 is 0 Å². The van der Waals surface area contributed by atoms with Gasteiger partial charge in [-0.25, -0.2) is 12.7 Å². The van der Waals surface area contributed by atoms with Crippen LogP contribution in [0.3, 0.4) is 0 Å². The van der Waals surface area contributed by atoms with Gasteiger partial charge in [0.05, 0.1) is 23.3 Å². The van der Waals surface area contributed by atoms with E-state index >= 15 is 0 Å². The Balaban J connectivity index is 3.05. The number of ether oxygens (including phenoxy) is 1. The van der Waals surface area contributed by atoms with E-state index in [1.807, 2.05) is 0 Å². The third kappa shape index (κ3) is 3.95. The minimum Gasteiger partial charge on any atom is -0.469 e. The van der Waals surface area contributed by atoms with Crippen LogP contribution in [0, 0.1) is 15.9 Å². The lowest BCUT2D eigenvalue weighted by Gasteiger charge is -2.16. The second kappa shape index (κ2) is 6.59. The Morgan fingerprint density at radius 2 is 2.10 bits per heavy atom. The second-order valence-electron chi connectivity index (χ2n) is 4.02. The molecule has 1 rings (SSSR count). The molecule has 10 heteroatoms. The lowest BCUT2D eigenvalue weighted by molar-refractivity contribution is -0.387. The summed E-state index contributed by atoms with van der Waals surface area (Å²) < 4.78 is 42.7. The van der Waals surface area contributed by atoms with Crippen molar-refractivity contribution in [2.75, 3.05) is 20.7 Å². The van der Waals surface area contributed by atoms with E-state index in [0.29, 0.717) is 12.1 Å². The predicted molar refractivity (Wildman–Crippen MR) is 69.5 cm³/mol. The highest BCUT2D eigenvalue weighted by Crippen LogP contribution is 2.23. The molecule has 0 amide bonds. The topological polar surface area (TPSA) is 107 Å². The molecular formula is C11H13FN2O6S. The van der Waals surface area contributed by atoms with Crippen LogP contribution in [0.4, 0.5) is 10.1 Å². The molecule has 0 saturated carbocycles. The Kier molecular flexibility index (Phi) is 5.33. The van der Waals surface area contributed by atoms with Crippen molar-refractivity contribution in [1.82, 2.24) is 4.31 Å². The van der Waals surface area contributed by atoms with Gasteiger partial charge in [-0.15, -0.1) is 0 Å². The van der Waals surface area contributed by atoms with Gasteiger partial charge in [0.2, 0.25) is 15.8 Å². The first-order chi connectivity index (χ1) is 9.70. The van der Waals surface area contributed by atoms with E-state index in [9.17, 15) is 27.7 Å². The standard InChI is InChI=1S/C11H13FN2O6S/c1-13(6-5-11(15)20-2)21(18,19)8-3-4-9(12)10(7-8)14(16)17/h3-4,7H,5-6H2,1-2H3. The molecule has 0 radical (unpaired) electrons. The first kappa shape index (κ1) is 17.0. The van der Waals surface area contributed by atoms with Crippen LogP contribution in [-0.2, 0) is 19.6 Å². The highest BCUT2D eigenvalue weighted by molar-refractivity contribution is 7.89. The Morgan fingerprint density at radius 1 is 1.48 bits per heavy atom. The van der Waals surface area contributed by atoms with Gasteiger partial charge in [0.1, 0.15) is 0 Å². The number of hydrogen-bond donors (Lipinski definition) is 0. The summed E-state index contributed by atoms with van der Waals surface area (Å²) >= 11 is 0. The van der Waals surface area contributed by atoms with Gasteiger partial charge >= 0.3 is 11.7 Å². The fourth-order valence-corrected chi connectivity index (χ4v) is 2.64. The molecule has 0 fully saturated rings. The van der Waals surface area contributed by atoms with E-state index < -0.39 is 37.3 Å². The zero-order chi connectivity index (χ0) is 16.2. The molecule has 0 heterocycles. The van der Waals surface area contributed by atoms with Gasteiger partial charge in [0.15, 0.2) is 0 Å². The van der Waals surface area contributed by atoms with Crippen LogP contribution in [0.2, 0.25) is 0 Å². The average molecular weight is 320 g/mol. The molecular weight excluding hydrogens is 307 g/mol. The van der Waals surface area contributed by atoms with Gasteiger partial charge < -0.3 is 4.74 Å². The van der Waals surface area contributed by atoms with Gasteiger partial charge in [-0.2, -0.15) is 4.39 Å². The van der Waals surface area contributed by atoms with Gasteiger partial charge in [0.25, 0.3) is 0 Å². The van der Waals surface area contributed by atoms with E-state index in [4.69, 9.17) is 0 Å². The minimum absolute atomic E-state index is 0.166. The van der Waals surface area contributed by atoms with Crippen LogP contribution in [0.25, 0.3) is 0 Å². The van der Waals surface area contributed by atoms with Gasteiger partial charge in [-0.05, 0) is 12.1 Å². The van der Waals surface area contributed by atoms with Crippen molar-refractivity contribution in [2.45, 2.75) is 11.3 Å². The lowest BCUT2D eigenvalue weighted by Crippen LogP contribution is -2.29. The van der Waals surface area contributed by atoms with Crippen molar-refractivity contribution in [3.8, 4) is 0 Å². The summed E-state index contributed by atoms with van der Waals surface area (Å²) in [6.07, 6.45) is -0.171. The van der Waals surface area contributed by atoms with Crippen LogP contribution < -0.4 is 0 Å². The molecule has 0 aliphatic heterocycles. The molecule has 0 unspecified atom stereocenters. The van der Waals surface area contributed by atoms with Crippen molar-refractivity contribution in [2.24, 2.45) is 0 Å². The van der Waals surface area contributed by atoms with Crippen LogP contribution in [0.15, 0.2) is 23.1 Å². The lowest BCUT2D eigenvalue weighted by atomic mass is 10.3. The minimum atomic E-state index is -4.06. The Hall–Kier alpha value is -2.07. The number of esters is 1. The van der Waals surface area contributed by atoms with Gasteiger partial charge in [-0.3, -0.25) is 14.9 Å². The quantitative estimate of drug-likeness (QED) is 0.438. The molecule has 0 aromatic heterocycles. The maximum atomic E-state index is 13.2. The number of nitrogens with zero attached hydrogens (tertiary/aromatic N) is 2. The van der Waals surface area contributed by atoms with Gasteiger partial charge in [-0.1, -0.05) is 0 Å². The third-order valence-corrected chi connectivity index (χ3v) is 4.53. The fraction of sp³-hybridized carbons (Fsp3) is 0.364. The van der Waals surface area contributed by atoms with Crippen LogP contribution in [0.1, 0.15) is 6.42 Å². The highest BCUT2D eigenvalue weighted by atomic mass is 32.2. The predicted octanol–water partition coefficient (Wildman–Crippen LogP) is 0.917. The number of nitro benzene ring substituents is 1. The molecule has 21 heavy (non-hydrogen) atoms. The third-order valence-electron chi connectivity index (χ3n) is 2.68. The smallest absolute Gasteiger partial charge is 0.306 e. The maximum absolute atomic E-state index is 13.2.